The monoisotopic (exact) mass is 203 g/mol. The Hall–Kier alpha value is -2.15. The third-order valence-corrected chi connectivity index (χ3v) is 1.68. The zero-order chi connectivity index (χ0) is 11.1. The summed E-state index contributed by atoms with van der Waals surface area (Å²) in [6.45, 7) is 0.0524. The summed E-state index contributed by atoms with van der Waals surface area (Å²) in [5.74, 6) is -1.77. The van der Waals surface area contributed by atoms with Crippen molar-refractivity contribution in [1.82, 2.24) is 0 Å². The quantitative estimate of drug-likeness (QED) is 0.545. The lowest BCUT2D eigenvalue weighted by atomic mass is 10.2. The second-order valence-electron chi connectivity index (χ2n) is 2.82. The van der Waals surface area contributed by atoms with Crippen LogP contribution in [0, 0.1) is 11.3 Å². The Kier molecular flexibility index (Phi) is 4.05. The van der Waals surface area contributed by atoms with Crippen molar-refractivity contribution in [1.29, 1.82) is 5.26 Å². The minimum atomic E-state index is -0.958. The Bertz CT molecular complexity index is 392. The van der Waals surface area contributed by atoms with Crippen molar-refractivity contribution >= 4 is 11.8 Å². The van der Waals surface area contributed by atoms with E-state index in [4.69, 9.17) is 10.00 Å². The number of hydrogen-bond acceptors (Lipinski definition) is 4. The molecular formula is C11H9NO3. The molecule has 0 heterocycles. The maximum Gasteiger partial charge on any atom is 0.376 e. The molecule has 0 radical (unpaired) electrons. The molecule has 0 saturated heterocycles. The molecule has 0 aromatic heterocycles. The standard InChI is InChI=1S/C11H9NO3/c12-7-6-10(13)11(14)15-8-9-4-2-1-3-5-9/h1-5H,6,8H2. The first-order valence-electron chi connectivity index (χ1n) is 4.35. The highest BCUT2D eigenvalue weighted by molar-refractivity contribution is 6.34. The summed E-state index contributed by atoms with van der Waals surface area (Å²) in [6.07, 6.45) is -0.437. The van der Waals surface area contributed by atoms with Crippen LogP contribution in [0.3, 0.4) is 0 Å². The smallest absolute Gasteiger partial charge is 0.376 e. The Morgan fingerprint density at radius 2 is 1.93 bits per heavy atom. The van der Waals surface area contributed by atoms with Gasteiger partial charge in [-0.05, 0) is 5.56 Å². The predicted molar refractivity (Wildman–Crippen MR) is 51.5 cm³/mol. The third-order valence-electron chi connectivity index (χ3n) is 1.68. The molecule has 0 bridgehead atoms. The van der Waals surface area contributed by atoms with Gasteiger partial charge >= 0.3 is 5.97 Å². The molecule has 0 fully saturated rings. The first-order valence-corrected chi connectivity index (χ1v) is 4.35. The minimum absolute atomic E-state index is 0.0524. The molecule has 0 atom stereocenters. The lowest BCUT2D eigenvalue weighted by Crippen LogP contribution is -2.16. The van der Waals surface area contributed by atoms with Crippen molar-refractivity contribution < 1.29 is 14.3 Å². The van der Waals surface area contributed by atoms with Gasteiger partial charge < -0.3 is 4.74 Å². The van der Waals surface area contributed by atoms with Gasteiger partial charge in [0.05, 0.1) is 6.07 Å². The van der Waals surface area contributed by atoms with E-state index in [0.29, 0.717) is 0 Å². The van der Waals surface area contributed by atoms with Crippen molar-refractivity contribution in [2.45, 2.75) is 13.0 Å². The summed E-state index contributed by atoms with van der Waals surface area (Å²) in [5.41, 5.74) is 0.801. The van der Waals surface area contributed by atoms with E-state index in [-0.39, 0.29) is 6.61 Å². The third kappa shape index (κ3) is 3.61. The van der Waals surface area contributed by atoms with Crippen LogP contribution in [0.15, 0.2) is 30.3 Å². The van der Waals surface area contributed by atoms with Gasteiger partial charge in [0.1, 0.15) is 13.0 Å². The fraction of sp³-hybridized carbons (Fsp3) is 0.182. The van der Waals surface area contributed by atoms with E-state index in [2.05, 4.69) is 0 Å². The second kappa shape index (κ2) is 5.55. The molecule has 4 heteroatoms. The van der Waals surface area contributed by atoms with Crippen LogP contribution in [-0.4, -0.2) is 11.8 Å². The molecule has 0 spiro atoms. The van der Waals surface area contributed by atoms with Gasteiger partial charge in [0.25, 0.3) is 5.78 Å². The van der Waals surface area contributed by atoms with E-state index >= 15 is 0 Å². The van der Waals surface area contributed by atoms with Crippen LogP contribution < -0.4 is 0 Å². The van der Waals surface area contributed by atoms with Gasteiger partial charge in [0, 0.05) is 0 Å². The van der Waals surface area contributed by atoms with Gasteiger partial charge in [-0.3, -0.25) is 4.79 Å². The van der Waals surface area contributed by atoms with E-state index in [1.807, 2.05) is 6.07 Å². The van der Waals surface area contributed by atoms with Crippen LogP contribution in [0.5, 0.6) is 0 Å². The molecule has 0 unspecified atom stereocenters. The van der Waals surface area contributed by atoms with Crippen LogP contribution in [0.2, 0.25) is 0 Å². The topological polar surface area (TPSA) is 67.2 Å². The number of Topliss-reactive ketones (excluding diaryl/α,β-unsaturated/α-hetero) is 1. The zero-order valence-electron chi connectivity index (χ0n) is 7.97. The Balaban J connectivity index is 2.42. The number of ether oxygens (including phenoxy) is 1. The summed E-state index contributed by atoms with van der Waals surface area (Å²) < 4.78 is 4.70. The molecule has 76 valence electrons. The molecular weight excluding hydrogens is 194 g/mol. The summed E-state index contributed by atoms with van der Waals surface area (Å²) in [7, 11) is 0. The Labute approximate surface area is 87.1 Å². The number of carbonyl (C=O) groups excluding carboxylic acids is 2. The van der Waals surface area contributed by atoms with Crippen LogP contribution >= 0.6 is 0 Å². The zero-order valence-corrected chi connectivity index (χ0v) is 7.97. The van der Waals surface area contributed by atoms with Crippen LogP contribution in [0.1, 0.15) is 12.0 Å². The molecule has 0 amide bonds. The SMILES string of the molecule is N#CCC(=O)C(=O)OCc1ccccc1. The van der Waals surface area contributed by atoms with Crippen LogP contribution in [-0.2, 0) is 20.9 Å². The molecule has 0 aliphatic carbocycles. The number of hydrogen-bond donors (Lipinski definition) is 0. The van der Waals surface area contributed by atoms with E-state index in [1.54, 1.807) is 30.3 Å². The molecule has 1 rings (SSSR count). The summed E-state index contributed by atoms with van der Waals surface area (Å²) >= 11 is 0. The van der Waals surface area contributed by atoms with Crippen molar-refractivity contribution in [2.75, 3.05) is 0 Å². The van der Waals surface area contributed by atoms with E-state index in [0.717, 1.165) is 5.56 Å². The predicted octanol–water partition coefficient (Wildman–Crippen LogP) is 1.21. The van der Waals surface area contributed by atoms with E-state index < -0.39 is 18.2 Å². The number of nitriles is 1. The van der Waals surface area contributed by atoms with E-state index in [9.17, 15) is 9.59 Å². The normalized spacial score (nSPS) is 9.00. The van der Waals surface area contributed by atoms with Crippen LogP contribution in [0.4, 0.5) is 0 Å². The average molecular weight is 203 g/mol. The lowest BCUT2D eigenvalue weighted by Gasteiger charge is -2.01. The maximum absolute atomic E-state index is 11.0. The van der Waals surface area contributed by atoms with Crippen molar-refractivity contribution in [3.63, 3.8) is 0 Å². The first kappa shape index (κ1) is 10.9. The molecule has 1 aromatic rings. The second-order valence-corrected chi connectivity index (χ2v) is 2.82. The van der Waals surface area contributed by atoms with Crippen LogP contribution in [0.25, 0.3) is 0 Å². The van der Waals surface area contributed by atoms with Gasteiger partial charge in [-0.15, -0.1) is 0 Å². The van der Waals surface area contributed by atoms with E-state index in [1.165, 1.54) is 0 Å². The molecule has 4 nitrogen and oxygen atoms in total. The number of rotatable bonds is 4. The fourth-order valence-electron chi connectivity index (χ4n) is 0.948. The van der Waals surface area contributed by atoms with Gasteiger partial charge in [-0.1, -0.05) is 30.3 Å². The molecule has 0 N–H and O–H groups in total. The highest BCUT2D eigenvalue weighted by Gasteiger charge is 2.14. The number of esters is 1. The number of benzene rings is 1. The van der Waals surface area contributed by atoms with Gasteiger partial charge in [0.2, 0.25) is 0 Å². The Morgan fingerprint density at radius 1 is 1.27 bits per heavy atom. The first-order chi connectivity index (χ1) is 7.24. The van der Waals surface area contributed by atoms with Crippen molar-refractivity contribution in [3.8, 4) is 6.07 Å². The largest absolute Gasteiger partial charge is 0.455 e. The van der Waals surface area contributed by atoms with Crippen molar-refractivity contribution in [3.05, 3.63) is 35.9 Å². The van der Waals surface area contributed by atoms with Gasteiger partial charge in [0.15, 0.2) is 0 Å². The minimum Gasteiger partial charge on any atom is -0.455 e. The average Bonchev–Trinajstić information content (AvgIpc) is 2.27. The summed E-state index contributed by atoms with van der Waals surface area (Å²) in [5, 5.41) is 8.19. The van der Waals surface area contributed by atoms with Gasteiger partial charge in [-0.2, -0.15) is 5.26 Å². The summed E-state index contributed by atoms with van der Waals surface area (Å²) in [4.78, 5) is 21.9. The molecule has 1 aromatic carbocycles. The molecule has 15 heavy (non-hydrogen) atoms. The highest BCUT2D eigenvalue weighted by atomic mass is 16.5. The molecule has 0 aliphatic rings. The molecule has 0 aliphatic heterocycles. The summed E-state index contributed by atoms with van der Waals surface area (Å²) in [6, 6.07) is 10.6. The van der Waals surface area contributed by atoms with Gasteiger partial charge in [-0.25, -0.2) is 4.79 Å². The maximum atomic E-state index is 11.0. The number of nitrogens with zero attached hydrogens (tertiary/aromatic N) is 1. The fourth-order valence-corrected chi connectivity index (χ4v) is 0.948. The lowest BCUT2D eigenvalue weighted by molar-refractivity contribution is -0.154. The molecule has 0 saturated carbocycles. The number of carbonyl (C=O) groups is 2. The number of ketones is 1. The Morgan fingerprint density at radius 3 is 2.53 bits per heavy atom. The van der Waals surface area contributed by atoms with Crippen molar-refractivity contribution in [2.24, 2.45) is 0 Å². The highest BCUT2D eigenvalue weighted by Crippen LogP contribution is 2.01.